The molecule has 0 fully saturated rings. The maximum Gasteiger partial charge on any atom is 0.152 e. The van der Waals surface area contributed by atoms with Gasteiger partial charge < -0.3 is 15.2 Å². The Balaban J connectivity index is 3.22. The van der Waals surface area contributed by atoms with Crippen LogP contribution in [0.5, 0.6) is 11.5 Å². The molecule has 0 aromatic heterocycles. The first-order chi connectivity index (χ1) is 7.60. The van der Waals surface area contributed by atoms with Gasteiger partial charge in [0.1, 0.15) is 10.2 Å². The fourth-order valence-corrected chi connectivity index (χ4v) is 1.85. The van der Waals surface area contributed by atoms with Crippen LogP contribution in [0.4, 0.5) is 0 Å². The van der Waals surface area contributed by atoms with E-state index in [-0.39, 0.29) is 6.04 Å². The lowest BCUT2D eigenvalue weighted by atomic mass is 10.2. The quantitative estimate of drug-likeness (QED) is 0.846. The van der Waals surface area contributed by atoms with Crippen molar-refractivity contribution < 1.29 is 9.47 Å². The number of hydrogen-bond donors (Lipinski definition) is 1. The van der Waals surface area contributed by atoms with Crippen LogP contribution in [0.25, 0.3) is 0 Å². The number of methoxy groups -OCH3 is 2. The lowest BCUT2D eigenvalue weighted by Crippen LogP contribution is -2.11. The Hall–Kier alpha value is -1.18. The van der Waals surface area contributed by atoms with Crippen LogP contribution < -0.4 is 15.2 Å². The van der Waals surface area contributed by atoms with E-state index in [2.05, 4.69) is 27.8 Å². The highest BCUT2D eigenvalue weighted by molar-refractivity contribution is 9.10. The average Bonchev–Trinajstić information content (AvgIpc) is 2.26. The van der Waals surface area contributed by atoms with Gasteiger partial charge in [-0.3, -0.25) is 0 Å². The number of hydrogen-bond acceptors (Lipinski definition) is 3. The molecule has 1 unspecified atom stereocenters. The molecule has 1 rings (SSSR count). The maximum atomic E-state index is 5.58. The second-order valence-electron chi connectivity index (χ2n) is 3.22. The van der Waals surface area contributed by atoms with Gasteiger partial charge in [0, 0.05) is 0 Å². The van der Waals surface area contributed by atoms with Crippen LogP contribution in [-0.2, 0) is 0 Å². The summed E-state index contributed by atoms with van der Waals surface area (Å²) in [6, 6.07) is 3.51. The number of nitrogens with two attached hydrogens (primary N) is 1. The molecule has 4 heteroatoms. The topological polar surface area (TPSA) is 44.5 Å². The highest BCUT2D eigenvalue weighted by Crippen LogP contribution is 2.36. The second kappa shape index (κ2) is 5.78. The second-order valence-corrected chi connectivity index (χ2v) is 4.01. The zero-order valence-corrected chi connectivity index (χ0v) is 11.1. The summed E-state index contributed by atoms with van der Waals surface area (Å²) in [5, 5.41) is 0. The molecule has 0 saturated carbocycles. The number of ether oxygens (including phenoxy) is 2. The van der Waals surface area contributed by atoms with Crippen molar-refractivity contribution in [3.8, 4) is 23.3 Å². The number of rotatable bonds is 2. The summed E-state index contributed by atoms with van der Waals surface area (Å²) < 4.78 is 11.2. The van der Waals surface area contributed by atoms with E-state index in [1.165, 1.54) is 0 Å². The van der Waals surface area contributed by atoms with Gasteiger partial charge in [-0.05, 0) is 35.0 Å². The van der Waals surface area contributed by atoms with Gasteiger partial charge in [-0.15, -0.1) is 0 Å². The first kappa shape index (κ1) is 12.9. The van der Waals surface area contributed by atoms with Gasteiger partial charge in [-0.2, -0.15) is 0 Å². The summed E-state index contributed by atoms with van der Waals surface area (Å²) >= 11 is 3.41. The minimum absolute atomic E-state index is 0.161. The van der Waals surface area contributed by atoms with Crippen molar-refractivity contribution in [1.82, 2.24) is 0 Å². The van der Waals surface area contributed by atoms with Crippen molar-refractivity contribution in [3.63, 3.8) is 0 Å². The third-order valence-corrected chi connectivity index (χ3v) is 2.67. The molecule has 2 N–H and O–H groups in total. The summed E-state index contributed by atoms with van der Waals surface area (Å²) in [6.07, 6.45) is 0. The molecule has 16 heavy (non-hydrogen) atoms. The smallest absolute Gasteiger partial charge is 0.152 e. The number of halogens is 1. The summed E-state index contributed by atoms with van der Waals surface area (Å²) in [5.41, 5.74) is 6.36. The van der Waals surface area contributed by atoms with Crippen LogP contribution in [0.15, 0.2) is 16.6 Å². The molecular weight excluding hydrogens is 270 g/mol. The minimum atomic E-state index is -0.161. The van der Waals surface area contributed by atoms with Crippen molar-refractivity contribution in [2.45, 2.75) is 13.0 Å². The van der Waals surface area contributed by atoms with Gasteiger partial charge in [-0.1, -0.05) is 11.8 Å². The van der Waals surface area contributed by atoms with Gasteiger partial charge in [0.15, 0.2) is 5.75 Å². The predicted molar refractivity (Wildman–Crippen MR) is 67.8 cm³/mol. The van der Waals surface area contributed by atoms with Gasteiger partial charge in [0.25, 0.3) is 0 Å². The molecule has 0 aliphatic rings. The lowest BCUT2D eigenvalue weighted by Gasteiger charge is -2.09. The molecule has 0 radical (unpaired) electrons. The van der Waals surface area contributed by atoms with Crippen LogP contribution in [0, 0.1) is 11.8 Å². The Labute approximate surface area is 104 Å². The van der Waals surface area contributed by atoms with Gasteiger partial charge >= 0.3 is 0 Å². The molecule has 1 atom stereocenters. The molecule has 1 aromatic rings. The van der Waals surface area contributed by atoms with Gasteiger partial charge in [0.05, 0.1) is 25.8 Å². The molecule has 0 bridgehead atoms. The Kier molecular flexibility index (Phi) is 4.66. The Morgan fingerprint density at radius 2 is 2.00 bits per heavy atom. The summed E-state index contributed by atoms with van der Waals surface area (Å²) in [5.74, 6) is 7.23. The third-order valence-electron chi connectivity index (χ3n) is 1.92. The maximum absolute atomic E-state index is 5.58. The van der Waals surface area contributed by atoms with Crippen molar-refractivity contribution >= 4 is 15.9 Å². The largest absolute Gasteiger partial charge is 0.495 e. The minimum Gasteiger partial charge on any atom is -0.495 e. The summed E-state index contributed by atoms with van der Waals surface area (Å²) in [6.45, 7) is 1.83. The Morgan fingerprint density at radius 1 is 1.31 bits per heavy atom. The fourth-order valence-electron chi connectivity index (χ4n) is 1.19. The van der Waals surface area contributed by atoms with Crippen molar-refractivity contribution in [1.29, 1.82) is 0 Å². The molecule has 0 spiro atoms. The van der Waals surface area contributed by atoms with E-state index in [0.717, 1.165) is 10.0 Å². The third kappa shape index (κ3) is 2.91. The first-order valence-electron chi connectivity index (χ1n) is 4.77. The zero-order chi connectivity index (χ0) is 12.1. The molecule has 0 aliphatic carbocycles. The summed E-state index contributed by atoms with van der Waals surface area (Å²) in [4.78, 5) is 0. The highest BCUT2D eigenvalue weighted by Gasteiger charge is 2.10. The summed E-state index contributed by atoms with van der Waals surface area (Å²) in [7, 11) is 3.20. The standard InChI is InChI=1S/C12H14BrNO2/c1-8(14)4-5-9-6-7-10(15-2)11(13)12(9)16-3/h6-8H,14H2,1-3H3. The van der Waals surface area contributed by atoms with E-state index in [9.17, 15) is 0 Å². The molecule has 0 heterocycles. The zero-order valence-electron chi connectivity index (χ0n) is 9.50. The number of benzene rings is 1. The fraction of sp³-hybridized carbons (Fsp3) is 0.333. The van der Waals surface area contributed by atoms with Crippen molar-refractivity contribution in [3.05, 3.63) is 22.2 Å². The van der Waals surface area contributed by atoms with Gasteiger partial charge in [0.2, 0.25) is 0 Å². The van der Waals surface area contributed by atoms with Crippen LogP contribution in [0.1, 0.15) is 12.5 Å². The van der Waals surface area contributed by atoms with Crippen LogP contribution in [0.3, 0.4) is 0 Å². The van der Waals surface area contributed by atoms with Crippen LogP contribution >= 0.6 is 15.9 Å². The molecule has 0 amide bonds. The van der Waals surface area contributed by atoms with Crippen LogP contribution in [-0.4, -0.2) is 20.3 Å². The average molecular weight is 284 g/mol. The molecule has 3 nitrogen and oxygen atoms in total. The van der Waals surface area contributed by atoms with E-state index in [0.29, 0.717) is 11.5 Å². The van der Waals surface area contributed by atoms with E-state index in [1.54, 1.807) is 14.2 Å². The van der Waals surface area contributed by atoms with E-state index < -0.39 is 0 Å². The van der Waals surface area contributed by atoms with Gasteiger partial charge in [-0.25, -0.2) is 0 Å². The Bertz CT molecular complexity index is 433. The molecular formula is C12H14BrNO2. The SMILES string of the molecule is COc1ccc(C#CC(C)N)c(OC)c1Br. The predicted octanol–water partition coefficient (Wildman–Crippen LogP) is 2.17. The molecule has 1 aromatic carbocycles. The first-order valence-corrected chi connectivity index (χ1v) is 5.57. The van der Waals surface area contributed by atoms with E-state index in [1.807, 2.05) is 19.1 Å². The normalized spacial score (nSPS) is 11.3. The lowest BCUT2D eigenvalue weighted by molar-refractivity contribution is 0.389. The Morgan fingerprint density at radius 3 is 2.50 bits per heavy atom. The monoisotopic (exact) mass is 283 g/mol. The van der Waals surface area contributed by atoms with E-state index in [4.69, 9.17) is 15.2 Å². The molecule has 86 valence electrons. The highest BCUT2D eigenvalue weighted by atomic mass is 79.9. The van der Waals surface area contributed by atoms with Crippen LogP contribution in [0.2, 0.25) is 0 Å². The molecule has 0 saturated heterocycles. The van der Waals surface area contributed by atoms with E-state index >= 15 is 0 Å². The van der Waals surface area contributed by atoms with Crippen molar-refractivity contribution in [2.24, 2.45) is 5.73 Å². The van der Waals surface area contributed by atoms with Crippen molar-refractivity contribution in [2.75, 3.05) is 14.2 Å². The molecule has 0 aliphatic heterocycles.